The fourth-order valence-electron chi connectivity index (χ4n) is 6.16. The number of rotatable bonds is 4. The molecule has 5 heteroatoms. The molecule has 1 aliphatic heterocycles. The number of para-hydroxylation sites is 1. The third kappa shape index (κ3) is 2.94. The summed E-state index contributed by atoms with van der Waals surface area (Å²) < 4.78 is 20.1. The summed E-state index contributed by atoms with van der Waals surface area (Å²) in [6.45, 7) is 2.70. The van der Waals surface area contributed by atoms with Crippen LogP contribution in [0.25, 0.3) is 10.9 Å². The molecule has 0 spiro atoms. The minimum Gasteiger partial charge on any atom is -0.497 e. The van der Waals surface area contributed by atoms with Crippen LogP contribution in [-0.4, -0.2) is 47.3 Å². The second kappa shape index (κ2) is 6.81. The van der Waals surface area contributed by atoms with Crippen LogP contribution in [0.2, 0.25) is 0 Å². The Labute approximate surface area is 182 Å². The predicted molar refractivity (Wildman–Crippen MR) is 119 cm³/mol. The van der Waals surface area contributed by atoms with E-state index in [0.29, 0.717) is 24.9 Å². The number of likely N-dealkylation sites (tertiary alicyclic amines) is 1. The highest BCUT2D eigenvalue weighted by Crippen LogP contribution is 2.52. The van der Waals surface area contributed by atoms with E-state index in [1.807, 2.05) is 18.2 Å². The van der Waals surface area contributed by atoms with Gasteiger partial charge in [0.2, 0.25) is 0 Å². The maximum Gasteiger partial charge on any atom is 0.147 e. The number of aromatic nitrogens is 1. The molecule has 162 valence electrons. The first-order valence-electron chi connectivity index (χ1n) is 11.4. The number of piperidine rings is 1. The number of β-amino-alcohol motifs (C(OH)–C–C–N with tert-alkyl or cyclic N) is 1. The number of nitrogens with zero attached hydrogens (tertiary/aromatic N) is 1. The Morgan fingerprint density at radius 3 is 2.84 bits per heavy atom. The van der Waals surface area contributed by atoms with Crippen LogP contribution in [0.4, 0.5) is 4.39 Å². The van der Waals surface area contributed by atoms with Gasteiger partial charge in [-0.3, -0.25) is 0 Å². The first kappa shape index (κ1) is 19.3. The predicted octanol–water partition coefficient (Wildman–Crippen LogP) is 4.20. The van der Waals surface area contributed by atoms with Gasteiger partial charge in [-0.05, 0) is 61.1 Å². The lowest BCUT2D eigenvalue weighted by Gasteiger charge is -2.56. The zero-order chi connectivity index (χ0) is 21.2. The summed E-state index contributed by atoms with van der Waals surface area (Å²) in [6, 6.07) is 13.4. The number of hydrogen-bond acceptors (Lipinski definition) is 3. The molecule has 4 nitrogen and oxygen atoms in total. The second-order valence-electron chi connectivity index (χ2n) is 9.87. The maximum atomic E-state index is 14.5. The zero-order valence-corrected chi connectivity index (χ0v) is 18.0. The highest BCUT2D eigenvalue weighted by molar-refractivity contribution is 5.86. The van der Waals surface area contributed by atoms with E-state index in [4.69, 9.17) is 4.74 Å². The van der Waals surface area contributed by atoms with Gasteiger partial charge in [0.25, 0.3) is 0 Å². The molecule has 1 saturated heterocycles. The molecule has 2 heterocycles. The quantitative estimate of drug-likeness (QED) is 0.665. The molecule has 0 amide bonds. The van der Waals surface area contributed by atoms with Gasteiger partial charge in [0, 0.05) is 42.4 Å². The molecule has 2 fully saturated rings. The number of fused-ring (bicyclic) bond motifs is 4. The van der Waals surface area contributed by atoms with E-state index in [2.05, 4.69) is 22.0 Å². The van der Waals surface area contributed by atoms with Crippen molar-refractivity contribution in [2.75, 3.05) is 26.7 Å². The van der Waals surface area contributed by atoms with Crippen LogP contribution >= 0.6 is 0 Å². The molecular weight excluding hydrogens is 391 g/mol. The van der Waals surface area contributed by atoms with E-state index in [1.165, 1.54) is 18.9 Å². The van der Waals surface area contributed by atoms with Crippen molar-refractivity contribution in [3.8, 4) is 5.75 Å². The zero-order valence-electron chi connectivity index (χ0n) is 18.0. The summed E-state index contributed by atoms with van der Waals surface area (Å²) in [6.07, 6.45) is 4.70. The summed E-state index contributed by atoms with van der Waals surface area (Å²) in [5.41, 5.74) is 2.47. The van der Waals surface area contributed by atoms with Gasteiger partial charge in [-0.2, -0.15) is 0 Å². The minimum absolute atomic E-state index is 0.229. The highest BCUT2D eigenvalue weighted by Gasteiger charge is 2.58. The molecule has 3 aromatic rings. The van der Waals surface area contributed by atoms with Crippen LogP contribution < -0.4 is 4.74 Å². The van der Waals surface area contributed by atoms with Gasteiger partial charge in [-0.15, -0.1) is 0 Å². The number of aliphatic hydroxyl groups is 1. The fourth-order valence-corrected chi connectivity index (χ4v) is 6.16. The van der Waals surface area contributed by atoms with Crippen LogP contribution in [0.5, 0.6) is 5.75 Å². The molecule has 3 aliphatic rings. The SMILES string of the molecule is COc1cccc([C@@]23CCN(CC4CC4)C[C@@]2(O)Cc2c([nH]c4c(F)cccc24)C3)c1. The van der Waals surface area contributed by atoms with Gasteiger partial charge >= 0.3 is 0 Å². The van der Waals surface area contributed by atoms with Crippen molar-refractivity contribution in [1.82, 2.24) is 9.88 Å². The first-order valence-corrected chi connectivity index (χ1v) is 11.4. The highest BCUT2D eigenvalue weighted by atomic mass is 19.1. The van der Waals surface area contributed by atoms with Gasteiger partial charge in [-0.1, -0.05) is 24.3 Å². The van der Waals surface area contributed by atoms with Crippen LogP contribution in [0.15, 0.2) is 42.5 Å². The molecule has 0 unspecified atom stereocenters. The van der Waals surface area contributed by atoms with Gasteiger partial charge in [0.05, 0.1) is 18.2 Å². The number of halogens is 1. The lowest BCUT2D eigenvalue weighted by molar-refractivity contribution is -0.103. The standard InChI is InChI=1S/C26H29FN2O2/c1-31-19-5-2-4-18(12-19)25-10-11-29(15-17-8-9-17)16-26(25,30)13-21-20-6-3-7-22(27)24(20)28-23(21)14-25/h2-7,12,17,28,30H,8-11,13-16H2,1H3/t25-,26-/m0/s1. The minimum atomic E-state index is -0.916. The number of hydrogen-bond donors (Lipinski definition) is 2. The van der Waals surface area contributed by atoms with Crippen LogP contribution in [0, 0.1) is 11.7 Å². The molecular formula is C26H29FN2O2. The molecule has 2 atom stereocenters. The van der Waals surface area contributed by atoms with Crippen LogP contribution in [-0.2, 0) is 18.3 Å². The largest absolute Gasteiger partial charge is 0.497 e. The van der Waals surface area contributed by atoms with Crippen molar-refractivity contribution in [3.63, 3.8) is 0 Å². The number of benzene rings is 2. The Balaban J connectivity index is 1.50. The Kier molecular flexibility index (Phi) is 4.25. The van der Waals surface area contributed by atoms with Gasteiger partial charge in [0.15, 0.2) is 0 Å². The topological polar surface area (TPSA) is 48.5 Å². The van der Waals surface area contributed by atoms with Crippen molar-refractivity contribution in [2.45, 2.75) is 43.1 Å². The molecule has 2 aromatic carbocycles. The van der Waals surface area contributed by atoms with Crippen molar-refractivity contribution in [3.05, 3.63) is 65.1 Å². The van der Waals surface area contributed by atoms with Crippen molar-refractivity contribution in [1.29, 1.82) is 0 Å². The normalized spacial score (nSPS) is 28.4. The second-order valence-corrected chi connectivity index (χ2v) is 9.87. The Morgan fingerprint density at radius 1 is 1.19 bits per heavy atom. The Bertz CT molecular complexity index is 1150. The lowest BCUT2D eigenvalue weighted by Crippen LogP contribution is -2.66. The molecule has 6 rings (SSSR count). The molecule has 31 heavy (non-hydrogen) atoms. The number of ether oxygens (including phenoxy) is 1. The Hall–Kier alpha value is -2.37. The first-order chi connectivity index (χ1) is 15.0. The Morgan fingerprint density at radius 2 is 2.03 bits per heavy atom. The van der Waals surface area contributed by atoms with Crippen LogP contribution in [0.1, 0.15) is 36.1 Å². The number of H-pyrrole nitrogens is 1. The monoisotopic (exact) mass is 420 g/mol. The van der Waals surface area contributed by atoms with E-state index in [9.17, 15) is 9.50 Å². The molecule has 0 bridgehead atoms. The average molecular weight is 421 g/mol. The fraction of sp³-hybridized carbons (Fsp3) is 0.462. The van der Waals surface area contributed by atoms with E-state index in [1.54, 1.807) is 13.2 Å². The summed E-state index contributed by atoms with van der Waals surface area (Å²) >= 11 is 0. The molecule has 2 aliphatic carbocycles. The van der Waals surface area contributed by atoms with E-state index in [0.717, 1.165) is 53.4 Å². The molecule has 0 radical (unpaired) electrons. The lowest BCUT2D eigenvalue weighted by atomic mass is 9.56. The van der Waals surface area contributed by atoms with Gasteiger partial charge in [0.1, 0.15) is 11.6 Å². The average Bonchev–Trinajstić information content (AvgIpc) is 3.52. The molecule has 1 aromatic heterocycles. The van der Waals surface area contributed by atoms with Crippen molar-refractivity contribution >= 4 is 10.9 Å². The van der Waals surface area contributed by atoms with E-state index < -0.39 is 11.0 Å². The summed E-state index contributed by atoms with van der Waals surface area (Å²) in [7, 11) is 1.68. The van der Waals surface area contributed by atoms with Crippen molar-refractivity contribution < 1.29 is 14.2 Å². The number of aromatic amines is 1. The summed E-state index contributed by atoms with van der Waals surface area (Å²) in [4.78, 5) is 5.84. The smallest absolute Gasteiger partial charge is 0.147 e. The van der Waals surface area contributed by atoms with Crippen LogP contribution in [0.3, 0.4) is 0 Å². The van der Waals surface area contributed by atoms with Gasteiger partial charge in [-0.25, -0.2) is 4.39 Å². The third-order valence-electron chi connectivity index (χ3n) is 7.99. The number of methoxy groups -OCH3 is 1. The summed E-state index contributed by atoms with van der Waals surface area (Å²) in [5.74, 6) is 1.37. The molecule has 2 N–H and O–H groups in total. The maximum absolute atomic E-state index is 14.5. The number of nitrogens with one attached hydrogen (secondary N) is 1. The van der Waals surface area contributed by atoms with E-state index in [-0.39, 0.29) is 5.82 Å². The third-order valence-corrected chi connectivity index (χ3v) is 7.99. The van der Waals surface area contributed by atoms with E-state index >= 15 is 0 Å². The van der Waals surface area contributed by atoms with Crippen molar-refractivity contribution in [2.24, 2.45) is 5.92 Å². The molecule has 1 saturated carbocycles. The summed E-state index contributed by atoms with van der Waals surface area (Å²) in [5, 5.41) is 13.3. The van der Waals surface area contributed by atoms with Gasteiger partial charge < -0.3 is 19.7 Å².